The lowest BCUT2D eigenvalue weighted by atomic mass is 10.1. The number of benzene rings is 1. The lowest BCUT2D eigenvalue weighted by Gasteiger charge is -2.17. The zero-order valence-electron chi connectivity index (χ0n) is 10.6. The standard InChI is InChI=1S/C14H19FN2O/c1-10(9-11-4-6-12(15)7-5-11)17-14(18)13-3-2-8-16-13/h4-7,10,13,16H,2-3,8-9H2,1H3,(H,17,18)/t10?,13-/m1/s1. The van der Waals surface area contributed by atoms with E-state index in [1.807, 2.05) is 6.92 Å². The number of hydrogen-bond donors (Lipinski definition) is 2. The molecule has 2 N–H and O–H groups in total. The van der Waals surface area contributed by atoms with Crippen molar-refractivity contribution in [2.45, 2.75) is 38.3 Å². The zero-order chi connectivity index (χ0) is 13.0. The third kappa shape index (κ3) is 3.53. The Labute approximate surface area is 107 Å². The van der Waals surface area contributed by atoms with E-state index in [9.17, 15) is 9.18 Å². The molecule has 0 radical (unpaired) electrons. The summed E-state index contributed by atoms with van der Waals surface area (Å²) in [5.41, 5.74) is 1.03. The van der Waals surface area contributed by atoms with Crippen LogP contribution in [0.3, 0.4) is 0 Å². The van der Waals surface area contributed by atoms with Gasteiger partial charge in [0.1, 0.15) is 5.82 Å². The van der Waals surface area contributed by atoms with Crippen LogP contribution in [0, 0.1) is 5.82 Å². The summed E-state index contributed by atoms with van der Waals surface area (Å²) in [7, 11) is 0. The van der Waals surface area contributed by atoms with Crippen molar-refractivity contribution in [3.8, 4) is 0 Å². The Morgan fingerprint density at radius 3 is 2.83 bits per heavy atom. The van der Waals surface area contributed by atoms with Crippen molar-refractivity contribution in [3.05, 3.63) is 35.6 Å². The van der Waals surface area contributed by atoms with Gasteiger partial charge < -0.3 is 10.6 Å². The van der Waals surface area contributed by atoms with Gasteiger partial charge in [-0.25, -0.2) is 4.39 Å². The van der Waals surface area contributed by atoms with Crippen LogP contribution in [0.15, 0.2) is 24.3 Å². The average Bonchev–Trinajstić information content (AvgIpc) is 2.85. The Bertz CT molecular complexity index is 399. The molecule has 0 saturated carbocycles. The Morgan fingerprint density at radius 1 is 1.50 bits per heavy atom. The maximum absolute atomic E-state index is 12.8. The predicted molar refractivity (Wildman–Crippen MR) is 68.7 cm³/mol. The van der Waals surface area contributed by atoms with E-state index in [2.05, 4.69) is 10.6 Å². The van der Waals surface area contributed by atoms with Crippen LogP contribution in [0.1, 0.15) is 25.3 Å². The molecule has 1 unspecified atom stereocenters. The van der Waals surface area contributed by atoms with Crippen molar-refractivity contribution < 1.29 is 9.18 Å². The minimum atomic E-state index is -0.231. The molecule has 3 nitrogen and oxygen atoms in total. The van der Waals surface area contributed by atoms with Gasteiger partial charge in [-0.2, -0.15) is 0 Å². The van der Waals surface area contributed by atoms with Gasteiger partial charge >= 0.3 is 0 Å². The molecule has 1 saturated heterocycles. The topological polar surface area (TPSA) is 41.1 Å². The number of carbonyl (C=O) groups excluding carboxylic acids is 1. The van der Waals surface area contributed by atoms with Crippen LogP contribution in [0.5, 0.6) is 0 Å². The summed E-state index contributed by atoms with van der Waals surface area (Å²) in [5, 5.41) is 6.16. The number of halogens is 1. The second-order valence-electron chi connectivity index (χ2n) is 4.89. The first-order valence-electron chi connectivity index (χ1n) is 6.43. The first kappa shape index (κ1) is 13.0. The van der Waals surface area contributed by atoms with Crippen LogP contribution in [-0.2, 0) is 11.2 Å². The highest BCUT2D eigenvalue weighted by atomic mass is 19.1. The molecule has 18 heavy (non-hydrogen) atoms. The summed E-state index contributed by atoms with van der Waals surface area (Å²) in [4.78, 5) is 11.9. The molecule has 1 aromatic carbocycles. The quantitative estimate of drug-likeness (QED) is 0.852. The van der Waals surface area contributed by atoms with Gasteiger partial charge in [-0.05, 0) is 50.4 Å². The van der Waals surface area contributed by atoms with Crippen LogP contribution in [0.25, 0.3) is 0 Å². The van der Waals surface area contributed by atoms with Gasteiger partial charge in [-0.1, -0.05) is 12.1 Å². The van der Waals surface area contributed by atoms with Crippen molar-refractivity contribution in [3.63, 3.8) is 0 Å². The molecule has 4 heteroatoms. The van der Waals surface area contributed by atoms with E-state index in [0.29, 0.717) is 0 Å². The monoisotopic (exact) mass is 250 g/mol. The summed E-state index contributed by atoms with van der Waals surface area (Å²) in [5.74, 6) is -0.160. The van der Waals surface area contributed by atoms with Crippen LogP contribution in [0.4, 0.5) is 4.39 Å². The Balaban J connectivity index is 1.82. The van der Waals surface area contributed by atoms with E-state index < -0.39 is 0 Å². The number of rotatable bonds is 4. The predicted octanol–water partition coefficient (Wildman–Crippen LogP) is 1.62. The maximum Gasteiger partial charge on any atom is 0.237 e. The minimum Gasteiger partial charge on any atom is -0.352 e. The third-order valence-corrected chi connectivity index (χ3v) is 3.22. The van der Waals surface area contributed by atoms with Gasteiger partial charge in [0.25, 0.3) is 0 Å². The molecular formula is C14H19FN2O. The lowest BCUT2D eigenvalue weighted by molar-refractivity contribution is -0.123. The molecule has 0 spiro atoms. The SMILES string of the molecule is CC(Cc1ccc(F)cc1)NC(=O)[C@H]1CCCN1. The van der Waals surface area contributed by atoms with E-state index in [4.69, 9.17) is 0 Å². The van der Waals surface area contributed by atoms with Crippen molar-refractivity contribution in [2.75, 3.05) is 6.54 Å². The highest BCUT2D eigenvalue weighted by Crippen LogP contribution is 2.08. The van der Waals surface area contributed by atoms with Crippen molar-refractivity contribution >= 4 is 5.91 Å². The fraction of sp³-hybridized carbons (Fsp3) is 0.500. The molecule has 0 aromatic heterocycles. The number of nitrogens with one attached hydrogen (secondary N) is 2. The Hall–Kier alpha value is -1.42. The average molecular weight is 250 g/mol. The molecule has 1 aliphatic rings. The molecule has 1 heterocycles. The molecule has 0 aliphatic carbocycles. The van der Waals surface area contributed by atoms with E-state index >= 15 is 0 Å². The molecule has 1 aromatic rings. The summed E-state index contributed by atoms with van der Waals surface area (Å²) in [6, 6.07) is 6.42. The summed E-state index contributed by atoms with van der Waals surface area (Å²) in [6.07, 6.45) is 2.69. The molecule has 1 fully saturated rings. The van der Waals surface area contributed by atoms with Crippen molar-refractivity contribution in [1.82, 2.24) is 10.6 Å². The Morgan fingerprint density at radius 2 is 2.22 bits per heavy atom. The van der Waals surface area contributed by atoms with E-state index in [0.717, 1.165) is 31.4 Å². The molecule has 0 bridgehead atoms. The largest absolute Gasteiger partial charge is 0.352 e. The van der Waals surface area contributed by atoms with Gasteiger partial charge in [-0.15, -0.1) is 0 Å². The van der Waals surface area contributed by atoms with E-state index in [1.54, 1.807) is 12.1 Å². The van der Waals surface area contributed by atoms with E-state index in [-0.39, 0.29) is 23.8 Å². The molecule has 2 rings (SSSR count). The molecule has 1 aliphatic heterocycles. The Kier molecular flexibility index (Phi) is 4.31. The van der Waals surface area contributed by atoms with Crippen molar-refractivity contribution in [1.29, 1.82) is 0 Å². The summed E-state index contributed by atoms with van der Waals surface area (Å²) < 4.78 is 12.8. The molecular weight excluding hydrogens is 231 g/mol. The maximum atomic E-state index is 12.8. The van der Waals surface area contributed by atoms with E-state index in [1.165, 1.54) is 12.1 Å². The van der Waals surface area contributed by atoms with Gasteiger partial charge in [0.15, 0.2) is 0 Å². The third-order valence-electron chi connectivity index (χ3n) is 3.22. The highest BCUT2D eigenvalue weighted by Gasteiger charge is 2.22. The fourth-order valence-electron chi connectivity index (χ4n) is 2.28. The lowest BCUT2D eigenvalue weighted by Crippen LogP contribution is -2.44. The number of carbonyl (C=O) groups is 1. The van der Waals surface area contributed by atoms with Gasteiger partial charge in [0.05, 0.1) is 6.04 Å². The first-order valence-corrected chi connectivity index (χ1v) is 6.43. The summed E-state index contributed by atoms with van der Waals surface area (Å²) in [6.45, 7) is 2.89. The van der Waals surface area contributed by atoms with Gasteiger partial charge in [-0.3, -0.25) is 4.79 Å². The van der Waals surface area contributed by atoms with Crippen molar-refractivity contribution in [2.24, 2.45) is 0 Å². The number of amides is 1. The van der Waals surface area contributed by atoms with Crippen LogP contribution in [-0.4, -0.2) is 24.5 Å². The first-order chi connectivity index (χ1) is 8.65. The summed E-state index contributed by atoms with van der Waals surface area (Å²) >= 11 is 0. The van der Waals surface area contributed by atoms with Gasteiger partial charge in [0.2, 0.25) is 5.91 Å². The highest BCUT2D eigenvalue weighted by molar-refractivity contribution is 5.82. The van der Waals surface area contributed by atoms with Crippen LogP contribution in [0.2, 0.25) is 0 Å². The number of hydrogen-bond acceptors (Lipinski definition) is 2. The smallest absolute Gasteiger partial charge is 0.237 e. The fourth-order valence-corrected chi connectivity index (χ4v) is 2.28. The molecule has 1 amide bonds. The van der Waals surface area contributed by atoms with Crippen LogP contribution >= 0.6 is 0 Å². The molecule has 98 valence electrons. The normalized spacial score (nSPS) is 20.7. The second-order valence-corrected chi connectivity index (χ2v) is 4.89. The zero-order valence-corrected chi connectivity index (χ0v) is 10.6. The molecule has 2 atom stereocenters. The minimum absolute atomic E-state index is 0.0410. The van der Waals surface area contributed by atoms with Crippen LogP contribution < -0.4 is 10.6 Å². The second kappa shape index (κ2) is 5.96. The van der Waals surface area contributed by atoms with Gasteiger partial charge in [0, 0.05) is 6.04 Å².